The fourth-order valence-corrected chi connectivity index (χ4v) is 3.30. The Bertz CT molecular complexity index is 508. The Morgan fingerprint density at radius 3 is 2.59 bits per heavy atom. The molecule has 2 atom stereocenters. The van der Waals surface area contributed by atoms with Gasteiger partial charge in [-0.3, -0.25) is 0 Å². The Morgan fingerprint density at radius 1 is 1.41 bits per heavy atom. The first kappa shape index (κ1) is 12.5. The fourth-order valence-electron chi connectivity index (χ4n) is 2.61. The molecule has 1 aliphatic carbocycles. The maximum absolute atomic E-state index is 11.4. The zero-order valence-corrected chi connectivity index (χ0v) is 10.9. The van der Waals surface area contributed by atoms with Gasteiger partial charge in [0, 0.05) is 12.5 Å². The van der Waals surface area contributed by atoms with Crippen molar-refractivity contribution < 1.29 is 8.42 Å². The van der Waals surface area contributed by atoms with Crippen LogP contribution >= 0.6 is 0 Å². The maximum Gasteiger partial charge on any atom is 0.273 e. The average Bonchev–Trinajstić information content (AvgIpc) is 2.81. The highest BCUT2D eigenvalue weighted by Crippen LogP contribution is 2.38. The smallest absolute Gasteiger partial charge is 0.273 e. The third-order valence-electron chi connectivity index (χ3n) is 3.51. The lowest BCUT2D eigenvalue weighted by Crippen LogP contribution is -2.20. The van der Waals surface area contributed by atoms with Gasteiger partial charge < -0.3 is 4.57 Å². The van der Waals surface area contributed by atoms with E-state index < -0.39 is 10.0 Å². The first-order valence-corrected chi connectivity index (χ1v) is 7.45. The van der Waals surface area contributed by atoms with Crippen LogP contribution in [0.25, 0.3) is 0 Å². The van der Waals surface area contributed by atoms with E-state index in [9.17, 15) is 8.42 Å². The van der Waals surface area contributed by atoms with Crippen LogP contribution < -0.4 is 5.14 Å². The van der Waals surface area contributed by atoms with Gasteiger partial charge in [0.2, 0.25) is 0 Å². The van der Waals surface area contributed by atoms with Crippen LogP contribution in [0.4, 0.5) is 0 Å². The Balaban J connectivity index is 2.46. The van der Waals surface area contributed by atoms with Gasteiger partial charge >= 0.3 is 0 Å². The first-order chi connectivity index (χ1) is 7.95. The van der Waals surface area contributed by atoms with E-state index in [-0.39, 0.29) is 5.16 Å². The van der Waals surface area contributed by atoms with Gasteiger partial charge in [-0.1, -0.05) is 13.3 Å². The highest BCUT2D eigenvalue weighted by atomic mass is 32.2. The summed E-state index contributed by atoms with van der Waals surface area (Å²) in [5.74, 6) is 1.59. The SMILES string of the molecule is CCn1c(C2CCCC2C)nnc1S(N)(=O)=O. The molecule has 1 saturated carbocycles. The van der Waals surface area contributed by atoms with Crippen LogP contribution in [0.5, 0.6) is 0 Å². The Hall–Kier alpha value is -0.950. The molecule has 0 bridgehead atoms. The van der Waals surface area contributed by atoms with E-state index in [0.29, 0.717) is 18.4 Å². The zero-order valence-electron chi connectivity index (χ0n) is 10.1. The van der Waals surface area contributed by atoms with E-state index in [1.54, 1.807) is 4.57 Å². The number of nitrogens with zero attached hydrogens (tertiary/aromatic N) is 3. The zero-order chi connectivity index (χ0) is 12.6. The molecule has 1 aromatic rings. The molecule has 0 aromatic carbocycles. The number of rotatable bonds is 3. The lowest BCUT2D eigenvalue weighted by atomic mass is 9.97. The van der Waals surface area contributed by atoms with E-state index in [2.05, 4.69) is 17.1 Å². The predicted molar refractivity (Wildman–Crippen MR) is 62.8 cm³/mol. The average molecular weight is 258 g/mol. The van der Waals surface area contributed by atoms with Crippen LogP contribution in [-0.4, -0.2) is 23.2 Å². The Morgan fingerprint density at radius 2 is 2.12 bits per heavy atom. The van der Waals surface area contributed by atoms with Gasteiger partial charge in [-0.05, 0) is 25.7 Å². The molecule has 1 fully saturated rings. The highest BCUT2D eigenvalue weighted by molar-refractivity contribution is 7.89. The summed E-state index contributed by atoms with van der Waals surface area (Å²) in [6, 6.07) is 0. The number of aromatic nitrogens is 3. The van der Waals surface area contributed by atoms with Gasteiger partial charge in [0.1, 0.15) is 5.82 Å². The minimum absolute atomic E-state index is 0.117. The molecular weight excluding hydrogens is 240 g/mol. The number of sulfonamides is 1. The van der Waals surface area contributed by atoms with Crippen molar-refractivity contribution in [3.63, 3.8) is 0 Å². The molecule has 7 heteroatoms. The third-order valence-corrected chi connectivity index (χ3v) is 4.32. The van der Waals surface area contributed by atoms with Crippen molar-refractivity contribution in [3.8, 4) is 0 Å². The molecule has 0 saturated heterocycles. The molecule has 0 spiro atoms. The van der Waals surface area contributed by atoms with Crippen molar-refractivity contribution in [2.24, 2.45) is 11.1 Å². The van der Waals surface area contributed by atoms with E-state index in [4.69, 9.17) is 5.14 Å². The first-order valence-electron chi connectivity index (χ1n) is 5.91. The summed E-state index contributed by atoms with van der Waals surface area (Å²) in [6.07, 6.45) is 3.36. The number of hydrogen-bond donors (Lipinski definition) is 1. The summed E-state index contributed by atoms with van der Waals surface area (Å²) < 4.78 is 24.4. The van der Waals surface area contributed by atoms with Gasteiger partial charge in [0.15, 0.2) is 0 Å². The van der Waals surface area contributed by atoms with Crippen LogP contribution in [0.2, 0.25) is 0 Å². The fraction of sp³-hybridized carbons (Fsp3) is 0.800. The molecule has 1 aromatic heterocycles. The van der Waals surface area contributed by atoms with Crippen molar-refractivity contribution in [1.29, 1.82) is 0 Å². The molecule has 2 unspecified atom stereocenters. The molecule has 6 nitrogen and oxygen atoms in total. The van der Waals surface area contributed by atoms with Gasteiger partial charge in [-0.2, -0.15) is 0 Å². The van der Waals surface area contributed by atoms with Crippen molar-refractivity contribution >= 4 is 10.0 Å². The van der Waals surface area contributed by atoms with E-state index in [1.807, 2.05) is 6.92 Å². The van der Waals surface area contributed by atoms with Gasteiger partial charge in [-0.25, -0.2) is 13.6 Å². The molecule has 0 amide bonds. The molecule has 17 heavy (non-hydrogen) atoms. The predicted octanol–water partition coefficient (Wildman–Crippen LogP) is 0.849. The van der Waals surface area contributed by atoms with Gasteiger partial charge in [0.25, 0.3) is 15.2 Å². The lowest BCUT2D eigenvalue weighted by molar-refractivity contribution is 0.476. The molecule has 2 rings (SSSR count). The maximum atomic E-state index is 11.4. The largest absolute Gasteiger partial charge is 0.301 e. The minimum atomic E-state index is -3.78. The second-order valence-corrected chi connectivity index (χ2v) is 6.10. The quantitative estimate of drug-likeness (QED) is 0.870. The monoisotopic (exact) mass is 258 g/mol. The summed E-state index contributed by atoms with van der Waals surface area (Å²) >= 11 is 0. The number of nitrogens with two attached hydrogens (primary N) is 1. The normalized spacial score (nSPS) is 25.4. The van der Waals surface area contributed by atoms with Crippen LogP contribution in [-0.2, 0) is 16.6 Å². The second kappa shape index (κ2) is 4.38. The summed E-state index contributed by atoms with van der Waals surface area (Å²) in [4.78, 5) is 0. The summed E-state index contributed by atoms with van der Waals surface area (Å²) in [5.41, 5.74) is 0. The van der Waals surface area contributed by atoms with Crippen molar-refractivity contribution in [3.05, 3.63) is 5.82 Å². The molecule has 1 heterocycles. The summed E-state index contributed by atoms with van der Waals surface area (Å²) in [5, 5.41) is 12.8. The molecule has 96 valence electrons. The minimum Gasteiger partial charge on any atom is -0.301 e. The van der Waals surface area contributed by atoms with Crippen LogP contribution in [0, 0.1) is 5.92 Å². The lowest BCUT2D eigenvalue weighted by Gasteiger charge is -2.15. The molecule has 0 aliphatic heterocycles. The van der Waals surface area contributed by atoms with Crippen molar-refractivity contribution in [2.45, 2.75) is 50.7 Å². The van der Waals surface area contributed by atoms with E-state index >= 15 is 0 Å². The van der Waals surface area contributed by atoms with E-state index in [0.717, 1.165) is 25.1 Å². The molecule has 1 aliphatic rings. The molecular formula is C10H18N4O2S. The van der Waals surface area contributed by atoms with E-state index in [1.165, 1.54) is 0 Å². The second-order valence-electron chi connectivity index (χ2n) is 4.64. The molecule has 2 N–H and O–H groups in total. The van der Waals surface area contributed by atoms with Crippen LogP contribution in [0.3, 0.4) is 0 Å². The Kier molecular flexibility index (Phi) is 3.22. The summed E-state index contributed by atoms with van der Waals surface area (Å²) in [6.45, 7) is 4.57. The highest BCUT2D eigenvalue weighted by Gasteiger charge is 2.31. The summed E-state index contributed by atoms with van der Waals surface area (Å²) in [7, 11) is -3.78. The topological polar surface area (TPSA) is 90.9 Å². The third kappa shape index (κ3) is 2.21. The van der Waals surface area contributed by atoms with Gasteiger partial charge in [-0.15, -0.1) is 10.2 Å². The standard InChI is InChI=1S/C10H18N4O2S/c1-3-14-9(8-6-4-5-7(8)2)12-13-10(14)17(11,15)16/h7-8H,3-6H2,1-2H3,(H2,11,15,16). The van der Waals surface area contributed by atoms with Crippen molar-refractivity contribution in [2.75, 3.05) is 0 Å². The Labute approximate surface area is 101 Å². The van der Waals surface area contributed by atoms with Crippen molar-refractivity contribution in [1.82, 2.24) is 14.8 Å². The van der Waals surface area contributed by atoms with Crippen LogP contribution in [0.15, 0.2) is 5.16 Å². The number of primary sulfonamides is 1. The number of hydrogen-bond acceptors (Lipinski definition) is 4. The molecule has 0 radical (unpaired) electrons. The van der Waals surface area contributed by atoms with Gasteiger partial charge in [0.05, 0.1) is 0 Å². The van der Waals surface area contributed by atoms with Crippen LogP contribution in [0.1, 0.15) is 44.9 Å².